The zero-order valence-corrected chi connectivity index (χ0v) is 18.1. The standard InChI is InChI=1S/C24H28FN5O/c1-16-13-18(25)8-9-19(16)24(31)29-12-4-3-7-21(29)20-14-22-26-23(28-10-5-6-11-28)17(2)15-30(22)27-20/h8-9,13-15,21H,3-7,10-12H2,1-2H3. The number of fused-ring (bicyclic) bond motifs is 1. The summed E-state index contributed by atoms with van der Waals surface area (Å²) < 4.78 is 15.4. The normalized spacial score (nSPS) is 19.4. The number of likely N-dealkylation sites (tertiary alicyclic amines) is 1. The van der Waals surface area contributed by atoms with Gasteiger partial charge >= 0.3 is 0 Å². The van der Waals surface area contributed by atoms with Gasteiger partial charge in [-0.3, -0.25) is 4.79 Å². The number of hydrogen-bond donors (Lipinski definition) is 0. The van der Waals surface area contributed by atoms with Gasteiger partial charge in [0.05, 0.1) is 11.7 Å². The Hall–Kier alpha value is -2.96. The smallest absolute Gasteiger partial charge is 0.254 e. The zero-order chi connectivity index (χ0) is 21.5. The molecule has 2 aliphatic rings. The van der Waals surface area contributed by atoms with Crippen molar-refractivity contribution >= 4 is 17.4 Å². The summed E-state index contributed by atoms with van der Waals surface area (Å²) in [6.07, 6.45) is 7.34. The predicted octanol–water partition coefficient (Wildman–Crippen LogP) is 4.45. The van der Waals surface area contributed by atoms with Crippen LogP contribution in [0.5, 0.6) is 0 Å². The molecular formula is C24H28FN5O. The number of piperidine rings is 1. The molecule has 162 valence electrons. The van der Waals surface area contributed by atoms with Crippen LogP contribution in [0.15, 0.2) is 30.5 Å². The summed E-state index contributed by atoms with van der Waals surface area (Å²) in [5, 5.41) is 4.81. The first kappa shape index (κ1) is 20.0. The number of nitrogens with zero attached hydrogens (tertiary/aromatic N) is 5. The van der Waals surface area contributed by atoms with Gasteiger partial charge in [-0.2, -0.15) is 5.10 Å². The Kier molecular flexibility index (Phi) is 5.12. The van der Waals surface area contributed by atoms with E-state index >= 15 is 0 Å². The first-order valence-corrected chi connectivity index (χ1v) is 11.2. The maximum Gasteiger partial charge on any atom is 0.254 e. The molecule has 0 N–H and O–H groups in total. The highest BCUT2D eigenvalue weighted by Gasteiger charge is 2.31. The number of halogens is 1. The molecule has 0 radical (unpaired) electrons. The van der Waals surface area contributed by atoms with Crippen LogP contribution in [0.4, 0.5) is 10.2 Å². The van der Waals surface area contributed by atoms with E-state index in [9.17, 15) is 9.18 Å². The molecule has 1 amide bonds. The largest absolute Gasteiger partial charge is 0.356 e. The average molecular weight is 422 g/mol. The Morgan fingerprint density at radius 3 is 2.58 bits per heavy atom. The Balaban J connectivity index is 1.49. The topological polar surface area (TPSA) is 53.7 Å². The first-order valence-electron chi connectivity index (χ1n) is 11.2. The first-order chi connectivity index (χ1) is 15.0. The fourth-order valence-corrected chi connectivity index (χ4v) is 4.94. The minimum atomic E-state index is -0.320. The third-order valence-corrected chi connectivity index (χ3v) is 6.55. The number of anilines is 1. The van der Waals surface area contributed by atoms with Gasteiger partial charge < -0.3 is 9.80 Å². The molecule has 7 heteroatoms. The van der Waals surface area contributed by atoms with Gasteiger partial charge in [0.15, 0.2) is 5.65 Å². The minimum absolute atomic E-state index is 0.0545. The number of aromatic nitrogens is 3. The predicted molar refractivity (Wildman–Crippen MR) is 118 cm³/mol. The van der Waals surface area contributed by atoms with Crippen molar-refractivity contribution in [3.63, 3.8) is 0 Å². The summed E-state index contributed by atoms with van der Waals surface area (Å²) in [5.74, 6) is 0.663. The number of carbonyl (C=O) groups excluding carboxylic acids is 1. The molecule has 1 unspecified atom stereocenters. The molecule has 2 aliphatic heterocycles. The van der Waals surface area contributed by atoms with Gasteiger partial charge in [-0.25, -0.2) is 13.9 Å². The monoisotopic (exact) mass is 421 g/mol. The van der Waals surface area contributed by atoms with Crippen LogP contribution < -0.4 is 4.90 Å². The van der Waals surface area contributed by atoms with Crippen molar-refractivity contribution in [1.82, 2.24) is 19.5 Å². The molecule has 2 saturated heterocycles. The Bertz CT molecular complexity index is 1130. The van der Waals surface area contributed by atoms with Gasteiger partial charge in [-0.05, 0) is 69.7 Å². The van der Waals surface area contributed by atoms with Gasteiger partial charge in [0.25, 0.3) is 5.91 Å². The highest BCUT2D eigenvalue weighted by molar-refractivity contribution is 5.96. The van der Waals surface area contributed by atoms with Crippen LogP contribution >= 0.6 is 0 Å². The molecule has 0 saturated carbocycles. The molecule has 2 fully saturated rings. The summed E-state index contributed by atoms with van der Waals surface area (Å²) in [5.41, 5.74) is 4.03. The minimum Gasteiger partial charge on any atom is -0.356 e. The molecule has 0 aliphatic carbocycles. The summed E-state index contributed by atoms with van der Waals surface area (Å²) in [6, 6.07) is 6.30. The quantitative estimate of drug-likeness (QED) is 0.627. The van der Waals surface area contributed by atoms with E-state index in [-0.39, 0.29) is 17.8 Å². The molecule has 6 nitrogen and oxygen atoms in total. The number of aryl methyl sites for hydroxylation is 2. The molecule has 2 aromatic heterocycles. The van der Waals surface area contributed by atoms with Crippen molar-refractivity contribution in [2.75, 3.05) is 24.5 Å². The van der Waals surface area contributed by atoms with E-state index in [1.54, 1.807) is 13.0 Å². The Labute approximate surface area is 181 Å². The SMILES string of the molecule is Cc1cc(F)ccc1C(=O)N1CCCCC1c1cc2nc(N3CCCC3)c(C)cn2n1. The highest BCUT2D eigenvalue weighted by Crippen LogP contribution is 2.33. The van der Waals surface area contributed by atoms with Crippen molar-refractivity contribution in [2.45, 2.75) is 52.0 Å². The lowest BCUT2D eigenvalue weighted by molar-refractivity contribution is 0.0605. The van der Waals surface area contributed by atoms with Crippen LogP contribution in [-0.2, 0) is 0 Å². The second-order valence-electron chi connectivity index (χ2n) is 8.78. The fourth-order valence-electron chi connectivity index (χ4n) is 4.94. The van der Waals surface area contributed by atoms with Crippen LogP contribution in [-0.4, -0.2) is 45.0 Å². The van der Waals surface area contributed by atoms with E-state index in [0.29, 0.717) is 17.7 Å². The van der Waals surface area contributed by atoms with Gasteiger partial charge in [0.1, 0.15) is 11.6 Å². The number of benzene rings is 1. The third kappa shape index (κ3) is 3.66. The van der Waals surface area contributed by atoms with Gasteiger partial charge in [-0.1, -0.05) is 0 Å². The number of amides is 1. The van der Waals surface area contributed by atoms with Gasteiger partial charge in [-0.15, -0.1) is 0 Å². The third-order valence-electron chi connectivity index (χ3n) is 6.55. The molecule has 4 heterocycles. The zero-order valence-electron chi connectivity index (χ0n) is 18.1. The number of rotatable bonds is 3. The lowest BCUT2D eigenvalue weighted by atomic mass is 9.97. The Morgan fingerprint density at radius 2 is 1.81 bits per heavy atom. The maximum atomic E-state index is 13.5. The molecule has 0 spiro atoms. The van der Waals surface area contributed by atoms with Crippen LogP contribution in [0, 0.1) is 19.7 Å². The number of hydrogen-bond acceptors (Lipinski definition) is 4. The van der Waals surface area contributed by atoms with Crippen molar-refractivity contribution in [2.24, 2.45) is 0 Å². The second kappa shape index (κ2) is 7.94. The van der Waals surface area contributed by atoms with E-state index in [0.717, 1.165) is 55.1 Å². The maximum absolute atomic E-state index is 13.5. The molecule has 3 aromatic rings. The molecule has 0 bridgehead atoms. The van der Waals surface area contributed by atoms with E-state index in [2.05, 4.69) is 11.8 Å². The highest BCUT2D eigenvalue weighted by atomic mass is 19.1. The number of carbonyl (C=O) groups is 1. The van der Waals surface area contributed by atoms with Crippen molar-refractivity contribution < 1.29 is 9.18 Å². The summed E-state index contributed by atoms with van der Waals surface area (Å²) in [7, 11) is 0. The summed E-state index contributed by atoms with van der Waals surface area (Å²) in [4.78, 5) is 22.5. The van der Waals surface area contributed by atoms with E-state index in [4.69, 9.17) is 10.1 Å². The van der Waals surface area contributed by atoms with Crippen LogP contribution in [0.25, 0.3) is 5.65 Å². The van der Waals surface area contributed by atoms with Crippen molar-refractivity contribution in [1.29, 1.82) is 0 Å². The summed E-state index contributed by atoms with van der Waals surface area (Å²) >= 11 is 0. The van der Waals surface area contributed by atoms with E-state index in [1.807, 2.05) is 21.7 Å². The van der Waals surface area contributed by atoms with E-state index in [1.165, 1.54) is 25.0 Å². The molecule has 1 atom stereocenters. The van der Waals surface area contributed by atoms with Crippen LogP contribution in [0.1, 0.15) is 65.3 Å². The Morgan fingerprint density at radius 1 is 1.03 bits per heavy atom. The molecule has 1 aromatic carbocycles. The van der Waals surface area contributed by atoms with Gasteiger partial charge in [0.2, 0.25) is 0 Å². The van der Waals surface area contributed by atoms with E-state index < -0.39 is 0 Å². The average Bonchev–Trinajstić information content (AvgIpc) is 3.42. The summed E-state index contributed by atoms with van der Waals surface area (Å²) in [6.45, 7) is 6.64. The lowest BCUT2D eigenvalue weighted by Gasteiger charge is -2.35. The van der Waals surface area contributed by atoms with Crippen molar-refractivity contribution in [3.8, 4) is 0 Å². The molecule has 31 heavy (non-hydrogen) atoms. The van der Waals surface area contributed by atoms with Crippen LogP contribution in [0.2, 0.25) is 0 Å². The second-order valence-corrected chi connectivity index (χ2v) is 8.78. The van der Waals surface area contributed by atoms with Crippen LogP contribution in [0.3, 0.4) is 0 Å². The lowest BCUT2D eigenvalue weighted by Crippen LogP contribution is -2.39. The fraction of sp³-hybridized carbons (Fsp3) is 0.458. The molecular weight excluding hydrogens is 393 g/mol. The van der Waals surface area contributed by atoms with Crippen molar-refractivity contribution in [3.05, 3.63) is 58.7 Å². The van der Waals surface area contributed by atoms with Gasteiger partial charge in [0, 0.05) is 43.0 Å². The molecule has 5 rings (SSSR count).